The first kappa shape index (κ1) is 11.5. The lowest BCUT2D eigenvalue weighted by molar-refractivity contribution is 0.663. The van der Waals surface area contributed by atoms with Gasteiger partial charge in [0.15, 0.2) is 0 Å². The molecule has 0 atom stereocenters. The fourth-order valence-electron chi connectivity index (χ4n) is 2.17. The summed E-state index contributed by atoms with van der Waals surface area (Å²) in [6.07, 6.45) is 3.61. The minimum absolute atomic E-state index is 0.723. The number of nitrogens with one attached hydrogen (secondary N) is 2. The maximum atomic E-state index is 4.73. The van der Waals surface area contributed by atoms with Crippen LogP contribution in [0.15, 0.2) is 30.3 Å². The summed E-state index contributed by atoms with van der Waals surface area (Å²) < 4.78 is 0. The zero-order valence-electron chi connectivity index (χ0n) is 10.7. The molecule has 1 aliphatic rings. The SMILES string of the molecule is CCc1[nH]c(CNC2CC2)nc1-c1ccccc1. The van der Waals surface area contributed by atoms with Crippen molar-refractivity contribution >= 4 is 0 Å². The number of benzene rings is 1. The van der Waals surface area contributed by atoms with Crippen molar-refractivity contribution in [1.82, 2.24) is 15.3 Å². The van der Waals surface area contributed by atoms with Crippen molar-refractivity contribution in [1.29, 1.82) is 0 Å². The van der Waals surface area contributed by atoms with E-state index in [0.717, 1.165) is 30.5 Å². The molecule has 2 N–H and O–H groups in total. The molecule has 1 aromatic heterocycles. The lowest BCUT2D eigenvalue weighted by Gasteiger charge is -1.98. The summed E-state index contributed by atoms with van der Waals surface area (Å²) in [6.45, 7) is 3.02. The van der Waals surface area contributed by atoms with Gasteiger partial charge in [-0.25, -0.2) is 4.98 Å². The molecule has 1 aromatic carbocycles. The minimum atomic E-state index is 0.723. The Morgan fingerprint density at radius 3 is 2.72 bits per heavy atom. The second kappa shape index (κ2) is 4.94. The number of hydrogen-bond donors (Lipinski definition) is 2. The van der Waals surface area contributed by atoms with Gasteiger partial charge in [-0.15, -0.1) is 0 Å². The Balaban J connectivity index is 1.83. The Labute approximate surface area is 108 Å². The van der Waals surface area contributed by atoms with Gasteiger partial charge in [0.05, 0.1) is 12.2 Å². The average molecular weight is 241 g/mol. The van der Waals surface area contributed by atoms with E-state index in [0.29, 0.717) is 0 Å². The second-order valence-electron chi connectivity index (χ2n) is 4.89. The minimum Gasteiger partial charge on any atom is -0.344 e. The molecule has 3 nitrogen and oxygen atoms in total. The Morgan fingerprint density at radius 1 is 1.28 bits per heavy atom. The lowest BCUT2D eigenvalue weighted by atomic mass is 10.1. The van der Waals surface area contributed by atoms with Gasteiger partial charge < -0.3 is 10.3 Å². The van der Waals surface area contributed by atoms with Crippen molar-refractivity contribution in [3.05, 3.63) is 41.9 Å². The maximum Gasteiger partial charge on any atom is 0.121 e. The molecule has 0 bridgehead atoms. The van der Waals surface area contributed by atoms with Crippen LogP contribution >= 0.6 is 0 Å². The summed E-state index contributed by atoms with van der Waals surface area (Å²) >= 11 is 0. The number of aryl methyl sites for hydroxylation is 1. The predicted octanol–water partition coefficient (Wildman–Crippen LogP) is 2.89. The van der Waals surface area contributed by atoms with Crippen molar-refractivity contribution in [2.24, 2.45) is 0 Å². The molecule has 0 amide bonds. The molecular formula is C15H19N3. The van der Waals surface area contributed by atoms with Gasteiger partial charge >= 0.3 is 0 Å². The Kier molecular flexibility index (Phi) is 3.15. The molecule has 18 heavy (non-hydrogen) atoms. The molecule has 0 unspecified atom stereocenters. The van der Waals surface area contributed by atoms with Crippen LogP contribution in [0, 0.1) is 0 Å². The number of hydrogen-bond acceptors (Lipinski definition) is 2. The molecule has 0 aliphatic heterocycles. The largest absolute Gasteiger partial charge is 0.344 e. The highest BCUT2D eigenvalue weighted by molar-refractivity contribution is 5.61. The molecule has 1 saturated carbocycles. The van der Waals surface area contributed by atoms with Crippen molar-refractivity contribution in [2.45, 2.75) is 38.8 Å². The molecule has 3 heteroatoms. The van der Waals surface area contributed by atoms with Crippen LogP contribution in [-0.4, -0.2) is 16.0 Å². The van der Waals surface area contributed by atoms with Crippen molar-refractivity contribution in [3.8, 4) is 11.3 Å². The standard InChI is InChI=1S/C15H19N3/c1-2-13-15(11-6-4-3-5-7-11)18-14(17-13)10-16-12-8-9-12/h3-7,12,16H,2,8-10H2,1H3,(H,17,18). The third-order valence-corrected chi connectivity index (χ3v) is 3.36. The summed E-state index contributed by atoms with van der Waals surface area (Å²) in [7, 11) is 0. The Morgan fingerprint density at radius 2 is 2.06 bits per heavy atom. The van der Waals surface area contributed by atoms with E-state index in [2.05, 4.69) is 41.5 Å². The predicted molar refractivity (Wildman–Crippen MR) is 73.3 cm³/mol. The third-order valence-electron chi connectivity index (χ3n) is 3.36. The molecule has 1 fully saturated rings. The quantitative estimate of drug-likeness (QED) is 0.845. The van der Waals surface area contributed by atoms with Gasteiger partial charge in [0.1, 0.15) is 5.82 Å². The zero-order chi connectivity index (χ0) is 12.4. The van der Waals surface area contributed by atoms with Crippen molar-refractivity contribution in [2.75, 3.05) is 0 Å². The molecule has 2 aromatic rings. The highest BCUT2D eigenvalue weighted by Gasteiger charge is 2.21. The topological polar surface area (TPSA) is 40.7 Å². The molecule has 3 rings (SSSR count). The van der Waals surface area contributed by atoms with Crippen molar-refractivity contribution < 1.29 is 0 Å². The molecule has 1 heterocycles. The number of aromatic nitrogens is 2. The first-order chi connectivity index (χ1) is 8.86. The van der Waals surface area contributed by atoms with E-state index in [-0.39, 0.29) is 0 Å². The van der Waals surface area contributed by atoms with E-state index < -0.39 is 0 Å². The molecule has 1 aliphatic carbocycles. The van der Waals surface area contributed by atoms with E-state index in [1.165, 1.54) is 24.1 Å². The van der Waals surface area contributed by atoms with Crippen LogP contribution in [0.5, 0.6) is 0 Å². The van der Waals surface area contributed by atoms with Gasteiger partial charge in [0.2, 0.25) is 0 Å². The first-order valence-electron chi connectivity index (χ1n) is 6.73. The van der Waals surface area contributed by atoms with Crippen LogP contribution in [0.2, 0.25) is 0 Å². The van der Waals surface area contributed by atoms with Gasteiger partial charge in [-0.05, 0) is 19.3 Å². The molecule has 0 spiro atoms. The van der Waals surface area contributed by atoms with E-state index in [4.69, 9.17) is 4.98 Å². The maximum absolute atomic E-state index is 4.73. The zero-order valence-corrected chi connectivity index (χ0v) is 10.7. The van der Waals surface area contributed by atoms with E-state index in [9.17, 15) is 0 Å². The highest BCUT2D eigenvalue weighted by Crippen LogP contribution is 2.23. The lowest BCUT2D eigenvalue weighted by Crippen LogP contribution is -2.16. The van der Waals surface area contributed by atoms with Gasteiger partial charge in [-0.2, -0.15) is 0 Å². The fourth-order valence-corrected chi connectivity index (χ4v) is 2.17. The Hall–Kier alpha value is -1.61. The van der Waals surface area contributed by atoms with Gasteiger partial charge in [-0.1, -0.05) is 37.3 Å². The summed E-state index contributed by atoms with van der Waals surface area (Å²) in [5.41, 5.74) is 3.53. The van der Waals surface area contributed by atoms with Crippen LogP contribution in [0.25, 0.3) is 11.3 Å². The number of nitrogens with zero attached hydrogens (tertiary/aromatic N) is 1. The van der Waals surface area contributed by atoms with Crippen LogP contribution in [0.3, 0.4) is 0 Å². The van der Waals surface area contributed by atoms with Crippen LogP contribution in [-0.2, 0) is 13.0 Å². The van der Waals surface area contributed by atoms with Crippen LogP contribution in [0.4, 0.5) is 0 Å². The molecule has 94 valence electrons. The van der Waals surface area contributed by atoms with E-state index in [1.807, 2.05) is 6.07 Å². The summed E-state index contributed by atoms with van der Waals surface area (Å²) in [5.74, 6) is 1.05. The second-order valence-corrected chi connectivity index (χ2v) is 4.89. The van der Waals surface area contributed by atoms with Gasteiger partial charge in [0.25, 0.3) is 0 Å². The highest BCUT2D eigenvalue weighted by atomic mass is 15.0. The van der Waals surface area contributed by atoms with Gasteiger partial charge in [-0.3, -0.25) is 0 Å². The summed E-state index contributed by atoms with van der Waals surface area (Å²) in [6, 6.07) is 11.1. The van der Waals surface area contributed by atoms with Crippen LogP contribution in [0.1, 0.15) is 31.3 Å². The first-order valence-corrected chi connectivity index (χ1v) is 6.73. The molecular weight excluding hydrogens is 222 g/mol. The van der Waals surface area contributed by atoms with Gasteiger partial charge in [0, 0.05) is 17.3 Å². The number of aromatic amines is 1. The van der Waals surface area contributed by atoms with Crippen molar-refractivity contribution in [3.63, 3.8) is 0 Å². The number of imidazole rings is 1. The summed E-state index contributed by atoms with van der Waals surface area (Å²) in [5, 5.41) is 3.50. The van der Waals surface area contributed by atoms with E-state index in [1.54, 1.807) is 0 Å². The summed E-state index contributed by atoms with van der Waals surface area (Å²) in [4.78, 5) is 8.17. The van der Waals surface area contributed by atoms with Crippen LogP contribution < -0.4 is 5.32 Å². The van der Waals surface area contributed by atoms with E-state index >= 15 is 0 Å². The number of H-pyrrole nitrogens is 1. The Bertz CT molecular complexity index is 512. The smallest absolute Gasteiger partial charge is 0.121 e. The normalized spacial score (nSPS) is 14.9. The average Bonchev–Trinajstić information content (AvgIpc) is 3.16. The molecule has 0 saturated heterocycles. The monoisotopic (exact) mass is 241 g/mol. The molecule has 0 radical (unpaired) electrons. The number of rotatable bonds is 5. The fraction of sp³-hybridized carbons (Fsp3) is 0.400. The third kappa shape index (κ3) is 2.46.